The molecular formula is C30H28N6O3S. The fraction of sp³-hybridized carbons (Fsp3) is 0.200. The van der Waals surface area contributed by atoms with Crippen molar-refractivity contribution in [3.05, 3.63) is 81.8 Å². The van der Waals surface area contributed by atoms with Crippen LogP contribution in [0.4, 0.5) is 5.69 Å². The molecule has 1 aliphatic rings. The molecule has 0 bridgehead atoms. The smallest absolute Gasteiger partial charge is 0.275 e. The molecule has 0 radical (unpaired) electrons. The number of likely N-dealkylation sites (N-methyl/N-ethyl adjacent to an activating group) is 1. The van der Waals surface area contributed by atoms with Crippen molar-refractivity contribution in [2.24, 2.45) is 5.73 Å². The van der Waals surface area contributed by atoms with Crippen molar-refractivity contribution in [3.8, 4) is 11.1 Å². The van der Waals surface area contributed by atoms with Gasteiger partial charge in [-0.3, -0.25) is 14.4 Å². The molecule has 5 aromatic rings. The molecule has 202 valence electrons. The maximum absolute atomic E-state index is 13.3. The van der Waals surface area contributed by atoms with Crippen LogP contribution in [0.15, 0.2) is 59.4 Å². The summed E-state index contributed by atoms with van der Waals surface area (Å²) in [5, 5.41) is 6.37. The van der Waals surface area contributed by atoms with E-state index in [0.717, 1.165) is 46.1 Å². The number of fused-ring (bicyclic) bond motifs is 3. The third-order valence-electron chi connectivity index (χ3n) is 7.59. The summed E-state index contributed by atoms with van der Waals surface area (Å²) in [7, 11) is 2.05. The zero-order valence-electron chi connectivity index (χ0n) is 22.2. The Hall–Kier alpha value is -4.54. The summed E-state index contributed by atoms with van der Waals surface area (Å²) in [6.07, 6.45) is 0. The van der Waals surface area contributed by atoms with Gasteiger partial charge >= 0.3 is 0 Å². The van der Waals surface area contributed by atoms with Crippen LogP contribution >= 0.6 is 11.3 Å². The van der Waals surface area contributed by atoms with Gasteiger partial charge in [-0.2, -0.15) is 0 Å². The highest BCUT2D eigenvalue weighted by Crippen LogP contribution is 2.39. The summed E-state index contributed by atoms with van der Waals surface area (Å²) in [4.78, 5) is 49.9. The normalized spacial score (nSPS) is 14.1. The number of primary amides is 1. The van der Waals surface area contributed by atoms with Crippen molar-refractivity contribution in [2.75, 3.05) is 38.5 Å². The first-order valence-corrected chi connectivity index (χ1v) is 13.9. The van der Waals surface area contributed by atoms with Gasteiger partial charge in [0, 0.05) is 59.1 Å². The zero-order chi connectivity index (χ0) is 28.0. The average molecular weight is 553 g/mol. The number of thiazole rings is 1. The van der Waals surface area contributed by atoms with Crippen LogP contribution in [0.3, 0.4) is 0 Å². The summed E-state index contributed by atoms with van der Waals surface area (Å²) >= 11 is 1.36. The van der Waals surface area contributed by atoms with E-state index in [1.54, 1.807) is 17.0 Å². The van der Waals surface area contributed by atoms with Gasteiger partial charge in [-0.05, 0) is 54.9 Å². The van der Waals surface area contributed by atoms with E-state index >= 15 is 0 Å². The predicted octanol–water partition coefficient (Wildman–Crippen LogP) is 4.49. The summed E-state index contributed by atoms with van der Waals surface area (Å²) < 4.78 is 0. The van der Waals surface area contributed by atoms with Gasteiger partial charge in [-0.25, -0.2) is 4.98 Å². The number of carbonyl (C=O) groups is 3. The Morgan fingerprint density at radius 2 is 1.82 bits per heavy atom. The first-order chi connectivity index (χ1) is 19.3. The van der Waals surface area contributed by atoms with Crippen molar-refractivity contribution < 1.29 is 14.4 Å². The maximum atomic E-state index is 13.3. The molecule has 1 saturated heterocycles. The number of aromatic nitrogens is 2. The topological polar surface area (TPSA) is 124 Å². The van der Waals surface area contributed by atoms with Gasteiger partial charge < -0.3 is 25.8 Å². The Kier molecular flexibility index (Phi) is 6.57. The fourth-order valence-electron chi connectivity index (χ4n) is 5.34. The minimum atomic E-state index is -0.544. The summed E-state index contributed by atoms with van der Waals surface area (Å²) in [6.45, 7) is 5.00. The lowest BCUT2D eigenvalue weighted by Gasteiger charge is -2.32. The monoisotopic (exact) mass is 552 g/mol. The van der Waals surface area contributed by atoms with Crippen molar-refractivity contribution in [1.29, 1.82) is 0 Å². The molecule has 40 heavy (non-hydrogen) atoms. The Bertz CT molecular complexity index is 1780. The molecule has 3 amide bonds. The molecule has 0 unspecified atom stereocenters. The SMILES string of the molecule is Cc1c(NC(=O)c2cscn2)cccc1-c1ccc(C(N)=O)c2[nH]c3cc(C(=O)N4CCN(C)CC4)ccc3c12. The van der Waals surface area contributed by atoms with Crippen LogP contribution in [0.1, 0.15) is 36.8 Å². The molecule has 2 aromatic heterocycles. The number of hydrogen-bond donors (Lipinski definition) is 3. The van der Waals surface area contributed by atoms with Crippen LogP contribution in [0.2, 0.25) is 0 Å². The van der Waals surface area contributed by atoms with Gasteiger partial charge in [-0.1, -0.05) is 24.3 Å². The highest BCUT2D eigenvalue weighted by Gasteiger charge is 2.23. The second-order valence-corrected chi connectivity index (χ2v) is 10.8. The van der Waals surface area contributed by atoms with Crippen molar-refractivity contribution in [1.82, 2.24) is 19.8 Å². The van der Waals surface area contributed by atoms with Gasteiger partial charge in [-0.15, -0.1) is 11.3 Å². The van der Waals surface area contributed by atoms with E-state index in [9.17, 15) is 14.4 Å². The third-order valence-corrected chi connectivity index (χ3v) is 8.18. The van der Waals surface area contributed by atoms with E-state index < -0.39 is 5.91 Å². The number of piperazine rings is 1. The first kappa shape index (κ1) is 25.7. The Balaban J connectivity index is 1.45. The molecule has 0 spiro atoms. The maximum Gasteiger partial charge on any atom is 0.275 e. The van der Waals surface area contributed by atoms with Crippen LogP contribution in [-0.4, -0.2) is 70.7 Å². The fourth-order valence-corrected chi connectivity index (χ4v) is 5.87. The molecule has 3 heterocycles. The van der Waals surface area contributed by atoms with E-state index in [1.807, 2.05) is 54.3 Å². The predicted molar refractivity (Wildman–Crippen MR) is 158 cm³/mol. The summed E-state index contributed by atoms with van der Waals surface area (Å²) in [6, 6.07) is 14.9. The minimum absolute atomic E-state index is 0.0107. The van der Waals surface area contributed by atoms with Crippen LogP contribution in [-0.2, 0) is 0 Å². The number of H-pyrrole nitrogens is 1. The minimum Gasteiger partial charge on any atom is -0.366 e. The average Bonchev–Trinajstić information content (AvgIpc) is 3.62. The van der Waals surface area contributed by atoms with E-state index in [1.165, 1.54) is 11.3 Å². The van der Waals surface area contributed by atoms with Gasteiger partial charge in [0.2, 0.25) is 0 Å². The van der Waals surface area contributed by atoms with E-state index in [4.69, 9.17) is 5.73 Å². The number of rotatable bonds is 5. The lowest BCUT2D eigenvalue weighted by Crippen LogP contribution is -2.47. The van der Waals surface area contributed by atoms with Crippen molar-refractivity contribution in [2.45, 2.75) is 6.92 Å². The number of nitrogens with zero attached hydrogens (tertiary/aromatic N) is 3. The van der Waals surface area contributed by atoms with E-state index in [-0.39, 0.29) is 11.8 Å². The second kappa shape index (κ2) is 10.2. The van der Waals surface area contributed by atoms with Gasteiger partial charge in [0.1, 0.15) is 5.69 Å². The lowest BCUT2D eigenvalue weighted by molar-refractivity contribution is 0.0664. The molecule has 3 aromatic carbocycles. The van der Waals surface area contributed by atoms with Crippen LogP contribution in [0, 0.1) is 6.92 Å². The molecule has 0 atom stereocenters. The quantitative estimate of drug-likeness (QED) is 0.296. The van der Waals surface area contributed by atoms with Crippen molar-refractivity contribution >= 4 is 56.6 Å². The number of aromatic amines is 1. The van der Waals surface area contributed by atoms with E-state index in [0.29, 0.717) is 41.1 Å². The molecule has 1 aliphatic heterocycles. The number of amides is 3. The second-order valence-electron chi connectivity index (χ2n) is 10.1. The molecule has 0 saturated carbocycles. The van der Waals surface area contributed by atoms with Gasteiger partial charge in [0.05, 0.1) is 16.6 Å². The van der Waals surface area contributed by atoms with Gasteiger partial charge in [0.15, 0.2) is 0 Å². The lowest BCUT2D eigenvalue weighted by atomic mass is 9.93. The number of carbonyl (C=O) groups excluding carboxylic acids is 3. The van der Waals surface area contributed by atoms with Crippen LogP contribution in [0.5, 0.6) is 0 Å². The number of nitrogens with one attached hydrogen (secondary N) is 2. The standard InChI is InChI=1S/C30H28N6O3S/c1-17-19(4-3-5-23(17)34-29(38)25-15-40-16-32-25)20-8-9-22(28(31)37)27-26(20)21-7-6-18(14-24(21)33-27)30(39)36-12-10-35(2)11-13-36/h3-9,14-16,33H,10-13H2,1-2H3,(H2,31,37)(H,34,38). The van der Waals surface area contributed by atoms with E-state index in [2.05, 4.69) is 27.2 Å². The molecule has 9 nitrogen and oxygen atoms in total. The molecule has 1 fully saturated rings. The largest absolute Gasteiger partial charge is 0.366 e. The molecule has 6 rings (SSSR count). The first-order valence-electron chi connectivity index (χ1n) is 13.0. The molecule has 4 N–H and O–H groups in total. The molecule has 0 aliphatic carbocycles. The molecule has 10 heteroatoms. The number of benzene rings is 3. The summed E-state index contributed by atoms with van der Waals surface area (Å²) in [5.74, 6) is -0.832. The third kappa shape index (κ3) is 4.51. The highest BCUT2D eigenvalue weighted by atomic mass is 32.1. The summed E-state index contributed by atoms with van der Waals surface area (Å²) in [5.41, 5.74) is 13.4. The Morgan fingerprint density at radius 1 is 1.02 bits per heavy atom. The highest BCUT2D eigenvalue weighted by molar-refractivity contribution is 7.07. The van der Waals surface area contributed by atoms with Crippen LogP contribution < -0.4 is 11.1 Å². The zero-order valence-corrected chi connectivity index (χ0v) is 23.0. The Labute approximate surface area is 234 Å². The molecular weight excluding hydrogens is 524 g/mol. The van der Waals surface area contributed by atoms with Crippen molar-refractivity contribution in [3.63, 3.8) is 0 Å². The van der Waals surface area contributed by atoms with Crippen LogP contribution in [0.25, 0.3) is 32.9 Å². The number of anilines is 1. The number of nitrogens with two attached hydrogens (primary N) is 1. The number of hydrogen-bond acceptors (Lipinski definition) is 6. The van der Waals surface area contributed by atoms with Gasteiger partial charge in [0.25, 0.3) is 17.7 Å². The Morgan fingerprint density at radius 3 is 2.55 bits per heavy atom.